The summed E-state index contributed by atoms with van der Waals surface area (Å²) in [5.74, 6) is -0.0855. The summed E-state index contributed by atoms with van der Waals surface area (Å²) in [6.45, 7) is 8.28. The van der Waals surface area contributed by atoms with Gasteiger partial charge in [0.15, 0.2) is 22.2 Å². The molecule has 0 bridgehead atoms. The summed E-state index contributed by atoms with van der Waals surface area (Å²) >= 11 is 0. The van der Waals surface area contributed by atoms with Crippen LogP contribution in [0.5, 0.6) is 11.8 Å². The third kappa shape index (κ3) is 7.11. The number of carbonyl (C=O) groups is 1. The van der Waals surface area contributed by atoms with Crippen LogP contribution in [0.25, 0.3) is 32.9 Å². The molecule has 4 fully saturated rings. The summed E-state index contributed by atoms with van der Waals surface area (Å²) < 4.78 is 80.7. The van der Waals surface area contributed by atoms with Crippen LogP contribution in [-0.4, -0.2) is 121 Å². The number of aromatic amines is 1. The van der Waals surface area contributed by atoms with Crippen LogP contribution in [-0.2, 0) is 14.6 Å². The van der Waals surface area contributed by atoms with Gasteiger partial charge < -0.3 is 24.2 Å². The molecule has 4 aromatic rings. The zero-order valence-corrected chi connectivity index (χ0v) is 32.3. The van der Waals surface area contributed by atoms with Gasteiger partial charge in [0.1, 0.15) is 17.4 Å². The minimum Gasteiger partial charge on any atom is -0.481 e. The van der Waals surface area contributed by atoms with Crippen LogP contribution in [0.1, 0.15) is 49.7 Å². The van der Waals surface area contributed by atoms with Crippen LogP contribution in [0.3, 0.4) is 0 Å². The van der Waals surface area contributed by atoms with E-state index in [9.17, 15) is 26.4 Å². The molecule has 2 aromatic heterocycles. The number of sulfone groups is 1. The number of alkyl halides is 3. The molecule has 55 heavy (non-hydrogen) atoms. The predicted molar refractivity (Wildman–Crippen MR) is 203 cm³/mol. The number of hydrogen-bond donors (Lipinski definition) is 1. The number of fused-ring (bicyclic) bond motifs is 2. The van der Waals surface area contributed by atoms with E-state index in [1.54, 1.807) is 25.2 Å². The highest BCUT2D eigenvalue weighted by molar-refractivity contribution is 7.91. The Hall–Kier alpha value is -4.44. The highest BCUT2D eigenvalue weighted by Gasteiger charge is 2.47. The summed E-state index contributed by atoms with van der Waals surface area (Å²) in [5.41, 5.74) is 3.86. The molecular weight excluding hydrogens is 736 g/mol. The Bertz CT molecular complexity index is 2270. The van der Waals surface area contributed by atoms with Crippen LogP contribution < -0.4 is 14.4 Å². The van der Waals surface area contributed by atoms with Crippen molar-refractivity contribution in [3.05, 3.63) is 48.2 Å². The number of nitrogens with one attached hydrogen (secondary N) is 1. The van der Waals surface area contributed by atoms with E-state index < -0.39 is 40.7 Å². The van der Waals surface area contributed by atoms with E-state index in [4.69, 9.17) is 19.4 Å². The first-order valence-corrected chi connectivity index (χ1v) is 20.6. The smallest absolute Gasteiger partial charge is 0.422 e. The number of aromatic nitrogens is 4. The van der Waals surface area contributed by atoms with E-state index in [-0.39, 0.29) is 46.0 Å². The molecule has 1 spiro atoms. The first kappa shape index (κ1) is 37.5. The summed E-state index contributed by atoms with van der Waals surface area (Å²) in [7, 11) is 0.234. The zero-order valence-electron chi connectivity index (χ0n) is 31.4. The Morgan fingerprint density at radius 2 is 1.84 bits per heavy atom. The lowest BCUT2D eigenvalue weighted by Gasteiger charge is -2.54. The maximum atomic E-state index is 14.1. The van der Waals surface area contributed by atoms with Crippen LogP contribution in [0.2, 0.25) is 0 Å². The SMILES string of the molecule is C=CC(=O)N1CC2(CCN(c3nc(OC4C(C)CS(=O)(=O)CC4N(C)C)nc4c(OCC(F)(F)F)c(-c5c(C)ccc6[nH]ncc56)c(C5CC5)cc34)CC2)C1. The molecule has 16 heteroatoms. The average Bonchev–Trinajstić information content (AvgIpc) is 3.85. The Morgan fingerprint density at radius 3 is 2.49 bits per heavy atom. The molecule has 5 heterocycles. The van der Waals surface area contributed by atoms with Gasteiger partial charge in [-0.2, -0.15) is 28.2 Å². The fourth-order valence-corrected chi connectivity index (χ4v) is 11.0. The molecule has 3 saturated heterocycles. The molecule has 3 aliphatic heterocycles. The number of ether oxygens (including phenoxy) is 2. The second kappa shape index (κ2) is 13.6. The average molecular weight is 782 g/mol. The van der Waals surface area contributed by atoms with Gasteiger partial charge in [-0.1, -0.05) is 19.6 Å². The number of aryl methyl sites for hydroxylation is 1. The predicted octanol–water partition coefficient (Wildman–Crippen LogP) is 5.66. The number of halogens is 3. The molecule has 1 saturated carbocycles. The van der Waals surface area contributed by atoms with Gasteiger partial charge in [0, 0.05) is 53.8 Å². The standard InChI is InChI=1S/C39H46F3N7O5S/c1-6-30(50)49-19-38(20-49)11-13-48(14-12-38)36-26-15-25(24-8-9-24)32(31-22(2)7-10-28-27(31)16-43-46-28)35(53-21-39(40,41)42)33(26)44-37(45-36)54-34-23(3)17-55(51,52)18-29(34)47(4)5/h6-7,10,15-16,23-24,29,34H,1,8-9,11-14,17-21H2,2-5H3,(H,43,46). The number of H-pyrrole nitrogens is 1. The molecule has 2 aromatic carbocycles. The number of rotatable bonds is 9. The minimum absolute atomic E-state index is 0.00323. The Labute approximate surface area is 318 Å². The summed E-state index contributed by atoms with van der Waals surface area (Å²) in [6.07, 6.45) is 1.05. The van der Waals surface area contributed by atoms with Crippen molar-refractivity contribution < 1.29 is 35.9 Å². The quantitative estimate of drug-likeness (QED) is 0.212. The van der Waals surface area contributed by atoms with Crippen LogP contribution in [0.15, 0.2) is 37.1 Å². The van der Waals surface area contributed by atoms with Gasteiger partial charge in [-0.25, -0.2) is 8.42 Å². The van der Waals surface area contributed by atoms with Crippen molar-refractivity contribution in [2.45, 2.75) is 63.8 Å². The number of benzene rings is 2. The van der Waals surface area contributed by atoms with E-state index in [1.807, 2.05) is 36.9 Å². The lowest BCUT2D eigenvalue weighted by molar-refractivity contribution is -0.153. The zero-order chi connectivity index (χ0) is 39.0. The molecule has 3 atom stereocenters. The molecule has 1 N–H and O–H groups in total. The van der Waals surface area contributed by atoms with Gasteiger partial charge in [-0.3, -0.25) is 9.89 Å². The molecule has 294 valence electrons. The van der Waals surface area contributed by atoms with Gasteiger partial charge in [-0.05, 0) is 87.5 Å². The Morgan fingerprint density at radius 1 is 1.11 bits per heavy atom. The third-order valence-electron chi connectivity index (χ3n) is 11.9. The molecule has 3 unspecified atom stereocenters. The molecule has 4 aliphatic rings. The number of nitrogens with zero attached hydrogens (tertiary/aromatic N) is 6. The number of amides is 1. The lowest BCUT2D eigenvalue weighted by atomic mass is 9.72. The molecule has 1 amide bonds. The van der Waals surface area contributed by atoms with Crippen LogP contribution >= 0.6 is 0 Å². The Kier molecular flexibility index (Phi) is 9.30. The van der Waals surface area contributed by atoms with Gasteiger partial charge in [-0.15, -0.1) is 0 Å². The lowest BCUT2D eigenvalue weighted by Crippen LogP contribution is -2.61. The number of carbonyl (C=O) groups excluding carboxylic acids is 1. The third-order valence-corrected chi connectivity index (χ3v) is 13.7. The van der Waals surface area contributed by atoms with E-state index >= 15 is 0 Å². The number of hydrogen-bond acceptors (Lipinski definition) is 10. The van der Waals surface area contributed by atoms with E-state index in [2.05, 4.69) is 21.7 Å². The second-order valence-corrected chi connectivity index (χ2v) is 18.4. The normalized spacial score (nSPS) is 23.7. The van der Waals surface area contributed by atoms with Crippen molar-refractivity contribution in [3.8, 4) is 22.9 Å². The number of piperidine rings is 1. The fourth-order valence-electron chi connectivity index (χ4n) is 8.86. The molecule has 8 rings (SSSR count). The van der Waals surface area contributed by atoms with Gasteiger partial charge in [0.2, 0.25) is 5.91 Å². The number of likely N-dealkylation sites (tertiary alicyclic amines) is 1. The van der Waals surface area contributed by atoms with Gasteiger partial charge in [0.05, 0.1) is 29.3 Å². The summed E-state index contributed by atoms with van der Waals surface area (Å²) in [5, 5.41) is 8.57. The number of anilines is 1. The van der Waals surface area contributed by atoms with E-state index in [1.165, 1.54) is 6.08 Å². The van der Waals surface area contributed by atoms with Crippen molar-refractivity contribution in [1.29, 1.82) is 0 Å². The molecule has 12 nitrogen and oxygen atoms in total. The van der Waals surface area contributed by atoms with Crippen molar-refractivity contribution in [1.82, 2.24) is 30.0 Å². The maximum Gasteiger partial charge on any atom is 0.422 e. The first-order valence-electron chi connectivity index (χ1n) is 18.8. The van der Waals surface area contributed by atoms with E-state index in [0.29, 0.717) is 42.9 Å². The minimum atomic E-state index is -4.64. The van der Waals surface area contributed by atoms with Crippen LogP contribution in [0, 0.1) is 18.3 Å². The molecule has 0 radical (unpaired) electrons. The topological polar surface area (TPSA) is 134 Å². The van der Waals surface area contributed by atoms with Crippen molar-refractivity contribution in [3.63, 3.8) is 0 Å². The molecule has 1 aliphatic carbocycles. The fraction of sp³-hybridized carbons (Fsp3) is 0.538. The Balaban J connectivity index is 1.31. The summed E-state index contributed by atoms with van der Waals surface area (Å²) in [6, 6.07) is 5.26. The van der Waals surface area contributed by atoms with Crippen molar-refractivity contribution in [2.24, 2.45) is 11.3 Å². The van der Waals surface area contributed by atoms with Crippen molar-refractivity contribution >= 4 is 43.4 Å². The van der Waals surface area contributed by atoms with Gasteiger partial charge in [0.25, 0.3) is 0 Å². The monoisotopic (exact) mass is 781 g/mol. The second-order valence-electron chi connectivity index (χ2n) is 16.2. The van der Waals surface area contributed by atoms with Gasteiger partial charge >= 0.3 is 12.2 Å². The molecular formula is C39H46F3N7O5S. The first-order chi connectivity index (χ1) is 26.1. The largest absolute Gasteiger partial charge is 0.481 e. The van der Waals surface area contributed by atoms with Crippen molar-refractivity contribution in [2.75, 3.05) is 63.3 Å². The highest BCUT2D eigenvalue weighted by atomic mass is 32.2. The van der Waals surface area contributed by atoms with Crippen LogP contribution in [0.4, 0.5) is 19.0 Å². The maximum absolute atomic E-state index is 14.1. The highest BCUT2D eigenvalue weighted by Crippen LogP contribution is 2.53. The number of likely N-dealkylation sites (N-methyl/N-ethyl adjacent to an activating group) is 1. The summed E-state index contributed by atoms with van der Waals surface area (Å²) in [4.78, 5) is 27.9. The van der Waals surface area contributed by atoms with E-state index in [0.717, 1.165) is 53.3 Å².